The lowest BCUT2D eigenvalue weighted by Gasteiger charge is -2.36. The minimum atomic E-state index is -4.52. The predicted molar refractivity (Wildman–Crippen MR) is 93.8 cm³/mol. The van der Waals surface area contributed by atoms with E-state index in [2.05, 4.69) is 4.98 Å². The van der Waals surface area contributed by atoms with Crippen LogP contribution in [0.25, 0.3) is 0 Å². The Bertz CT molecular complexity index is 868. The molecule has 2 aromatic rings. The number of piperazine rings is 1. The second-order valence-electron chi connectivity index (χ2n) is 5.93. The van der Waals surface area contributed by atoms with Gasteiger partial charge < -0.3 is 9.80 Å². The molecular weight excluding hydrogens is 409 g/mol. The van der Waals surface area contributed by atoms with Gasteiger partial charge in [0.25, 0.3) is 5.91 Å². The third kappa shape index (κ3) is 4.27. The third-order valence-corrected chi connectivity index (χ3v) is 4.77. The minimum Gasteiger partial charge on any atom is -0.352 e. The van der Waals surface area contributed by atoms with E-state index >= 15 is 0 Å². The predicted octanol–water partition coefficient (Wildman–Crippen LogP) is 4.51. The van der Waals surface area contributed by atoms with Crippen LogP contribution >= 0.6 is 23.2 Å². The Hall–Kier alpha value is -2.06. The van der Waals surface area contributed by atoms with Crippen LogP contribution in [0.15, 0.2) is 30.5 Å². The molecule has 1 aromatic heterocycles. The highest BCUT2D eigenvalue weighted by Gasteiger charge is 2.32. The lowest BCUT2D eigenvalue weighted by Crippen LogP contribution is -2.49. The Morgan fingerprint density at radius 3 is 2.26 bits per heavy atom. The molecule has 0 unspecified atom stereocenters. The highest BCUT2D eigenvalue weighted by atomic mass is 35.5. The van der Waals surface area contributed by atoms with Gasteiger partial charge in [0, 0.05) is 32.4 Å². The van der Waals surface area contributed by atoms with Crippen LogP contribution in [0.5, 0.6) is 0 Å². The van der Waals surface area contributed by atoms with Gasteiger partial charge in [-0.15, -0.1) is 0 Å². The van der Waals surface area contributed by atoms with Crippen molar-refractivity contribution in [1.29, 1.82) is 0 Å². The van der Waals surface area contributed by atoms with E-state index in [0.29, 0.717) is 26.2 Å². The fraction of sp³-hybridized carbons (Fsp3) is 0.294. The highest BCUT2D eigenvalue weighted by molar-refractivity contribution is 6.34. The molecule has 0 aliphatic carbocycles. The van der Waals surface area contributed by atoms with Gasteiger partial charge in [0.1, 0.15) is 11.6 Å². The van der Waals surface area contributed by atoms with E-state index in [1.54, 1.807) is 4.90 Å². The number of rotatable bonds is 2. The second-order valence-corrected chi connectivity index (χ2v) is 6.74. The van der Waals surface area contributed by atoms with Crippen molar-refractivity contribution in [2.45, 2.75) is 6.18 Å². The smallest absolute Gasteiger partial charge is 0.352 e. The Labute approximate surface area is 162 Å². The van der Waals surface area contributed by atoms with Crippen LogP contribution in [0.4, 0.5) is 23.4 Å². The summed E-state index contributed by atoms with van der Waals surface area (Å²) < 4.78 is 51.3. The molecular formula is C17H13Cl2F4N3O. The number of alkyl halides is 3. The molecule has 1 saturated heterocycles. The van der Waals surface area contributed by atoms with Crippen molar-refractivity contribution in [3.63, 3.8) is 0 Å². The number of hydrogen-bond donors (Lipinski definition) is 0. The average Bonchev–Trinajstić information content (AvgIpc) is 2.60. The Kier molecular flexibility index (Phi) is 5.48. The van der Waals surface area contributed by atoms with E-state index in [1.165, 1.54) is 11.0 Å². The maximum absolute atomic E-state index is 13.1. The quantitative estimate of drug-likeness (QED) is 0.669. The number of carbonyl (C=O) groups is 1. The molecule has 0 spiro atoms. The molecule has 1 fully saturated rings. The average molecular weight is 422 g/mol. The number of nitrogens with zero attached hydrogens (tertiary/aromatic N) is 3. The van der Waals surface area contributed by atoms with E-state index < -0.39 is 17.6 Å². The van der Waals surface area contributed by atoms with Crippen molar-refractivity contribution >= 4 is 34.9 Å². The first-order valence-electron chi connectivity index (χ1n) is 7.89. The summed E-state index contributed by atoms with van der Waals surface area (Å²) >= 11 is 11.9. The molecule has 0 atom stereocenters. The maximum atomic E-state index is 13.1. The largest absolute Gasteiger partial charge is 0.417 e. The van der Waals surface area contributed by atoms with Gasteiger partial charge in [-0.05, 0) is 24.3 Å². The SMILES string of the molecule is O=C(c1ccc(F)cc1Cl)N1CCN(c2ncc(C(F)(F)F)cc2Cl)CC1. The molecule has 0 N–H and O–H groups in total. The zero-order valence-electron chi connectivity index (χ0n) is 13.7. The van der Waals surface area contributed by atoms with Gasteiger partial charge in [0.2, 0.25) is 0 Å². The first-order chi connectivity index (χ1) is 12.7. The summed E-state index contributed by atoms with van der Waals surface area (Å²) in [6.07, 6.45) is -3.79. The van der Waals surface area contributed by atoms with Gasteiger partial charge in [-0.3, -0.25) is 4.79 Å². The van der Waals surface area contributed by atoms with Gasteiger partial charge in [-0.1, -0.05) is 23.2 Å². The van der Waals surface area contributed by atoms with E-state index in [0.717, 1.165) is 24.4 Å². The fourth-order valence-corrected chi connectivity index (χ4v) is 3.31. The number of amides is 1. The molecule has 144 valence electrons. The number of anilines is 1. The van der Waals surface area contributed by atoms with Crippen molar-refractivity contribution in [2.24, 2.45) is 0 Å². The molecule has 4 nitrogen and oxygen atoms in total. The Balaban J connectivity index is 1.69. The van der Waals surface area contributed by atoms with E-state index in [-0.39, 0.29) is 27.3 Å². The number of halogens is 6. The maximum Gasteiger partial charge on any atom is 0.417 e. The van der Waals surface area contributed by atoms with Crippen LogP contribution in [0, 0.1) is 5.82 Å². The fourth-order valence-electron chi connectivity index (χ4n) is 2.77. The Morgan fingerprint density at radius 1 is 1.04 bits per heavy atom. The summed E-state index contributed by atoms with van der Waals surface area (Å²) in [4.78, 5) is 19.6. The molecule has 0 bridgehead atoms. The summed E-state index contributed by atoms with van der Waals surface area (Å²) in [5.41, 5.74) is -0.729. The molecule has 1 aromatic carbocycles. The van der Waals surface area contributed by atoms with Crippen molar-refractivity contribution < 1.29 is 22.4 Å². The number of carbonyl (C=O) groups excluding carboxylic acids is 1. The summed E-state index contributed by atoms with van der Waals surface area (Å²) in [5.74, 6) is -0.646. The molecule has 1 aliphatic heterocycles. The van der Waals surface area contributed by atoms with Crippen LogP contribution in [0.3, 0.4) is 0 Å². The standard InChI is InChI=1S/C17H13Cl2F4N3O/c18-13-8-11(20)1-2-12(13)16(27)26-5-3-25(4-6-26)15-14(19)7-10(9-24-15)17(21,22)23/h1-2,7-9H,3-6H2. The molecule has 0 radical (unpaired) electrons. The van der Waals surface area contributed by atoms with Crippen LogP contribution < -0.4 is 4.90 Å². The zero-order chi connectivity index (χ0) is 19.8. The summed E-state index contributed by atoms with van der Waals surface area (Å²) in [6.45, 7) is 1.27. The number of aromatic nitrogens is 1. The van der Waals surface area contributed by atoms with E-state index in [9.17, 15) is 22.4 Å². The van der Waals surface area contributed by atoms with Gasteiger partial charge in [0.05, 0.1) is 21.2 Å². The normalized spacial score (nSPS) is 15.2. The van der Waals surface area contributed by atoms with Crippen LogP contribution in [0.2, 0.25) is 10.0 Å². The van der Waals surface area contributed by atoms with Crippen molar-refractivity contribution in [3.8, 4) is 0 Å². The molecule has 0 saturated carbocycles. The van der Waals surface area contributed by atoms with E-state index in [4.69, 9.17) is 23.2 Å². The van der Waals surface area contributed by atoms with Gasteiger partial charge in [-0.2, -0.15) is 13.2 Å². The lowest BCUT2D eigenvalue weighted by molar-refractivity contribution is -0.137. The highest BCUT2D eigenvalue weighted by Crippen LogP contribution is 2.33. The topological polar surface area (TPSA) is 36.4 Å². The minimum absolute atomic E-state index is 0.0230. The van der Waals surface area contributed by atoms with Gasteiger partial charge in [0.15, 0.2) is 0 Å². The van der Waals surface area contributed by atoms with Crippen LogP contribution in [0.1, 0.15) is 15.9 Å². The molecule has 1 amide bonds. The van der Waals surface area contributed by atoms with Crippen LogP contribution in [-0.2, 0) is 6.18 Å². The summed E-state index contributed by atoms with van der Waals surface area (Å²) in [6, 6.07) is 4.37. The second kappa shape index (κ2) is 7.52. The first-order valence-corrected chi connectivity index (χ1v) is 8.64. The molecule has 3 rings (SSSR count). The van der Waals surface area contributed by atoms with Crippen molar-refractivity contribution in [3.05, 3.63) is 57.5 Å². The zero-order valence-corrected chi connectivity index (χ0v) is 15.2. The number of pyridine rings is 1. The summed E-state index contributed by atoms with van der Waals surface area (Å²) in [7, 11) is 0. The molecule has 2 heterocycles. The lowest BCUT2D eigenvalue weighted by atomic mass is 10.1. The van der Waals surface area contributed by atoms with E-state index in [1.807, 2.05) is 0 Å². The molecule has 27 heavy (non-hydrogen) atoms. The molecule has 1 aliphatic rings. The first kappa shape index (κ1) is 19.7. The number of benzene rings is 1. The van der Waals surface area contributed by atoms with Crippen molar-refractivity contribution in [2.75, 3.05) is 31.1 Å². The molecule has 10 heteroatoms. The Morgan fingerprint density at radius 2 is 1.70 bits per heavy atom. The summed E-state index contributed by atoms with van der Waals surface area (Å²) in [5, 5.41) is -0.0824. The van der Waals surface area contributed by atoms with Crippen LogP contribution in [-0.4, -0.2) is 42.0 Å². The van der Waals surface area contributed by atoms with Gasteiger partial charge >= 0.3 is 6.18 Å². The third-order valence-electron chi connectivity index (χ3n) is 4.18. The van der Waals surface area contributed by atoms with Crippen molar-refractivity contribution in [1.82, 2.24) is 9.88 Å². The van der Waals surface area contributed by atoms with Gasteiger partial charge in [-0.25, -0.2) is 9.37 Å². The monoisotopic (exact) mass is 421 g/mol. The number of hydrogen-bond acceptors (Lipinski definition) is 3.